The Balaban J connectivity index is 1.70. The maximum atomic E-state index is 13.1. The van der Waals surface area contributed by atoms with Gasteiger partial charge in [-0.3, -0.25) is 4.79 Å². The van der Waals surface area contributed by atoms with Crippen molar-refractivity contribution in [3.05, 3.63) is 93.0 Å². The lowest BCUT2D eigenvalue weighted by atomic mass is 10.1. The third kappa shape index (κ3) is 5.16. The molecule has 0 unspecified atom stereocenters. The standard InChI is InChI=1S/C29H24N4O3S/c1-4-36-29(35)26-18(2)19(3)37-28(26)32-27(34)22(15-31)13-23-17-33(25-12-8-7-11-24(23)25)16-21-10-6-5-9-20(21)14-30/h5-13,17H,4,16H2,1-3H3,(H,32,34)/b22-13+. The van der Waals surface area contributed by atoms with Crippen LogP contribution < -0.4 is 5.32 Å². The molecule has 2 heterocycles. The summed E-state index contributed by atoms with van der Waals surface area (Å²) in [6.07, 6.45) is 3.41. The fourth-order valence-electron chi connectivity index (χ4n) is 4.11. The number of benzene rings is 2. The summed E-state index contributed by atoms with van der Waals surface area (Å²) in [5.74, 6) is -1.12. The minimum absolute atomic E-state index is 0.0983. The number of anilines is 1. The van der Waals surface area contributed by atoms with Crippen LogP contribution >= 0.6 is 11.3 Å². The van der Waals surface area contributed by atoms with E-state index in [-0.39, 0.29) is 12.2 Å². The Kier molecular flexibility index (Phi) is 7.52. The third-order valence-electron chi connectivity index (χ3n) is 6.05. The Morgan fingerprint density at radius 1 is 1.11 bits per heavy atom. The van der Waals surface area contributed by atoms with E-state index in [1.165, 1.54) is 11.3 Å². The Morgan fingerprint density at radius 3 is 2.57 bits per heavy atom. The predicted octanol–water partition coefficient (Wildman–Crippen LogP) is 5.96. The fraction of sp³-hybridized carbons (Fsp3) is 0.172. The quantitative estimate of drug-likeness (QED) is 0.188. The Labute approximate surface area is 218 Å². The number of aromatic nitrogens is 1. The highest BCUT2D eigenvalue weighted by Gasteiger charge is 2.23. The van der Waals surface area contributed by atoms with Crippen LogP contribution in [0.5, 0.6) is 0 Å². The molecule has 0 aliphatic heterocycles. The first-order valence-electron chi connectivity index (χ1n) is 11.6. The van der Waals surface area contributed by atoms with Gasteiger partial charge in [0.1, 0.15) is 16.6 Å². The van der Waals surface area contributed by atoms with Crippen LogP contribution in [-0.2, 0) is 16.1 Å². The normalized spacial score (nSPS) is 11.1. The van der Waals surface area contributed by atoms with Gasteiger partial charge in [0.05, 0.1) is 23.8 Å². The molecule has 7 nitrogen and oxygen atoms in total. The van der Waals surface area contributed by atoms with E-state index in [4.69, 9.17) is 4.74 Å². The zero-order chi connectivity index (χ0) is 26.5. The summed E-state index contributed by atoms with van der Waals surface area (Å²) in [6, 6.07) is 19.3. The van der Waals surface area contributed by atoms with Gasteiger partial charge < -0.3 is 14.6 Å². The van der Waals surface area contributed by atoms with Crippen molar-refractivity contribution in [1.29, 1.82) is 10.5 Å². The number of amides is 1. The summed E-state index contributed by atoms with van der Waals surface area (Å²) in [7, 11) is 0. The molecule has 0 radical (unpaired) electrons. The fourth-order valence-corrected chi connectivity index (χ4v) is 5.15. The number of ether oxygens (including phenoxy) is 1. The number of nitrogens with zero attached hydrogens (tertiary/aromatic N) is 3. The van der Waals surface area contributed by atoms with E-state index in [9.17, 15) is 20.1 Å². The van der Waals surface area contributed by atoms with Crippen LogP contribution in [0.15, 0.2) is 60.3 Å². The molecule has 0 aliphatic rings. The van der Waals surface area contributed by atoms with Crippen LogP contribution in [0.2, 0.25) is 0 Å². The molecule has 4 rings (SSSR count). The minimum atomic E-state index is -0.610. The number of fused-ring (bicyclic) bond motifs is 1. The second kappa shape index (κ2) is 10.9. The van der Waals surface area contributed by atoms with E-state index >= 15 is 0 Å². The number of para-hydroxylation sites is 1. The van der Waals surface area contributed by atoms with Gasteiger partial charge in [0, 0.05) is 34.1 Å². The highest BCUT2D eigenvalue weighted by atomic mass is 32.1. The Bertz CT molecular complexity index is 1630. The van der Waals surface area contributed by atoms with Crippen molar-refractivity contribution in [3.8, 4) is 12.1 Å². The molecule has 2 aromatic carbocycles. The molecule has 4 aromatic rings. The molecule has 0 saturated heterocycles. The molecule has 1 amide bonds. The second-order valence-electron chi connectivity index (χ2n) is 8.33. The molecule has 0 spiro atoms. The number of carbonyl (C=O) groups is 2. The van der Waals surface area contributed by atoms with Crippen molar-refractivity contribution in [1.82, 2.24) is 4.57 Å². The highest BCUT2D eigenvalue weighted by molar-refractivity contribution is 7.16. The smallest absolute Gasteiger partial charge is 0.341 e. The molecular weight excluding hydrogens is 484 g/mol. The molecule has 8 heteroatoms. The molecule has 0 bridgehead atoms. The number of rotatable bonds is 7. The van der Waals surface area contributed by atoms with Crippen molar-refractivity contribution in [2.45, 2.75) is 27.3 Å². The minimum Gasteiger partial charge on any atom is -0.462 e. The average molecular weight is 509 g/mol. The number of thiophene rings is 1. The van der Waals surface area contributed by atoms with Crippen LogP contribution in [-0.4, -0.2) is 23.1 Å². The number of nitrogens with one attached hydrogen (secondary N) is 1. The van der Waals surface area contributed by atoms with Gasteiger partial charge in [-0.25, -0.2) is 4.79 Å². The first-order valence-corrected chi connectivity index (χ1v) is 12.5. The second-order valence-corrected chi connectivity index (χ2v) is 9.55. The summed E-state index contributed by atoms with van der Waals surface area (Å²) in [5, 5.41) is 23.3. The average Bonchev–Trinajstić information content (AvgIpc) is 3.38. The third-order valence-corrected chi connectivity index (χ3v) is 7.18. The number of hydrogen-bond donors (Lipinski definition) is 1. The van der Waals surface area contributed by atoms with Crippen LogP contribution in [0.4, 0.5) is 5.00 Å². The largest absolute Gasteiger partial charge is 0.462 e. The van der Waals surface area contributed by atoms with Crippen molar-refractivity contribution in [2.75, 3.05) is 11.9 Å². The van der Waals surface area contributed by atoms with Gasteiger partial charge in [0.2, 0.25) is 0 Å². The van der Waals surface area contributed by atoms with Crippen LogP contribution in [0.1, 0.15) is 44.4 Å². The molecule has 0 fully saturated rings. The lowest BCUT2D eigenvalue weighted by Crippen LogP contribution is -2.16. The van der Waals surface area contributed by atoms with Crippen LogP contribution in [0.25, 0.3) is 17.0 Å². The maximum absolute atomic E-state index is 13.1. The topological polar surface area (TPSA) is 108 Å². The van der Waals surface area contributed by atoms with Crippen LogP contribution in [0, 0.1) is 36.5 Å². The number of aryl methyl sites for hydroxylation is 1. The maximum Gasteiger partial charge on any atom is 0.341 e. The van der Waals surface area contributed by atoms with Gasteiger partial charge in [0.25, 0.3) is 5.91 Å². The molecule has 37 heavy (non-hydrogen) atoms. The summed E-state index contributed by atoms with van der Waals surface area (Å²) in [5.41, 5.74) is 4.01. The highest BCUT2D eigenvalue weighted by Crippen LogP contribution is 2.33. The van der Waals surface area contributed by atoms with Crippen molar-refractivity contribution >= 4 is 45.2 Å². The lowest BCUT2D eigenvalue weighted by Gasteiger charge is -2.07. The van der Waals surface area contributed by atoms with E-state index < -0.39 is 11.9 Å². The summed E-state index contributed by atoms with van der Waals surface area (Å²) in [6.45, 7) is 6.05. The first-order chi connectivity index (χ1) is 17.9. The van der Waals surface area contributed by atoms with Crippen molar-refractivity contribution in [2.24, 2.45) is 0 Å². The molecule has 2 aromatic heterocycles. The number of carbonyl (C=O) groups excluding carboxylic acids is 2. The summed E-state index contributed by atoms with van der Waals surface area (Å²) >= 11 is 1.27. The van der Waals surface area contributed by atoms with E-state index in [1.54, 1.807) is 26.0 Å². The number of nitriles is 2. The van der Waals surface area contributed by atoms with E-state index in [0.29, 0.717) is 28.2 Å². The monoisotopic (exact) mass is 508 g/mol. The molecule has 1 N–H and O–H groups in total. The summed E-state index contributed by atoms with van der Waals surface area (Å²) < 4.78 is 7.15. The Morgan fingerprint density at radius 2 is 1.84 bits per heavy atom. The van der Waals surface area contributed by atoms with Gasteiger partial charge in [-0.05, 0) is 50.1 Å². The lowest BCUT2D eigenvalue weighted by molar-refractivity contribution is -0.112. The number of esters is 1. The molecular formula is C29H24N4O3S. The van der Waals surface area contributed by atoms with Crippen molar-refractivity contribution < 1.29 is 14.3 Å². The van der Waals surface area contributed by atoms with Gasteiger partial charge >= 0.3 is 5.97 Å². The van der Waals surface area contributed by atoms with E-state index in [2.05, 4.69) is 11.4 Å². The summed E-state index contributed by atoms with van der Waals surface area (Å²) in [4.78, 5) is 26.5. The Hall–Kier alpha value is -4.66. The molecule has 0 atom stereocenters. The molecule has 0 aliphatic carbocycles. The van der Waals surface area contributed by atoms with Gasteiger partial charge in [-0.2, -0.15) is 10.5 Å². The predicted molar refractivity (Wildman–Crippen MR) is 144 cm³/mol. The molecule has 184 valence electrons. The first kappa shape index (κ1) is 25.4. The van der Waals surface area contributed by atoms with Gasteiger partial charge in [-0.1, -0.05) is 36.4 Å². The van der Waals surface area contributed by atoms with Gasteiger partial charge in [0.15, 0.2) is 0 Å². The van der Waals surface area contributed by atoms with E-state index in [0.717, 1.165) is 26.9 Å². The molecule has 0 saturated carbocycles. The zero-order valence-electron chi connectivity index (χ0n) is 20.7. The van der Waals surface area contributed by atoms with Crippen LogP contribution in [0.3, 0.4) is 0 Å². The van der Waals surface area contributed by atoms with Gasteiger partial charge in [-0.15, -0.1) is 11.3 Å². The zero-order valence-corrected chi connectivity index (χ0v) is 21.5. The van der Waals surface area contributed by atoms with E-state index in [1.807, 2.05) is 66.2 Å². The SMILES string of the molecule is CCOC(=O)c1c(NC(=O)/C(C#N)=C/c2cn(Cc3ccccc3C#N)c3ccccc23)sc(C)c1C. The number of hydrogen-bond acceptors (Lipinski definition) is 6. The van der Waals surface area contributed by atoms with Crippen molar-refractivity contribution in [3.63, 3.8) is 0 Å².